The molecule has 0 unspecified atom stereocenters. The van der Waals surface area contributed by atoms with Crippen molar-refractivity contribution in [2.75, 3.05) is 25.4 Å². The van der Waals surface area contributed by atoms with Crippen LogP contribution in [0.1, 0.15) is 17.7 Å². The summed E-state index contributed by atoms with van der Waals surface area (Å²) < 4.78 is 7.15. The van der Waals surface area contributed by atoms with Gasteiger partial charge in [0.2, 0.25) is 0 Å². The lowest BCUT2D eigenvalue weighted by molar-refractivity contribution is -0.358. The number of ether oxygens (including phenoxy) is 1. The number of rotatable bonds is 10. The number of aromatic nitrogens is 2. The number of nitrogens with two attached hydrogens (primary N) is 2. The van der Waals surface area contributed by atoms with Crippen molar-refractivity contribution in [3.8, 4) is 5.75 Å². The smallest absolute Gasteiger partial charge is 0.350 e. The zero-order chi connectivity index (χ0) is 20.5. The molecule has 2 rings (SSSR count). The van der Waals surface area contributed by atoms with Gasteiger partial charge in [-0.3, -0.25) is 10.5 Å². The number of anilines is 1. The average Bonchev–Trinajstić information content (AvgIpc) is 3.07. The second kappa shape index (κ2) is 11.0. The van der Waals surface area contributed by atoms with E-state index in [0.29, 0.717) is 37.8 Å². The summed E-state index contributed by atoms with van der Waals surface area (Å²) in [5.41, 5.74) is 12.7. The van der Waals surface area contributed by atoms with Crippen molar-refractivity contribution in [1.29, 1.82) is 0 Å². The maximum absolute atomic E-state index is 12.3. The molecule has 1 amide bonds. The molecule has 0 atom stereocenters. The first-order chi connectivity index (χ1) is 13.4. The van der Waals surface area contributed by atoms with Crippen LogP contribution < -0.4 is 26.5 Å². The second-order valence-corrected chi connectivity index (χ2v) is 7.67. The zero-order valence-corrected chi connectivity index (χ0v) is 18.3. The van der Waals surface area contributed by atoms with Gasteiger partial charge in [-0.05, 0) is 62.5 Å². The number of nitrogen functional groups attached to an aromatic ring is 1. The molecule has 0 fully saturated rings. The van der Waals surface area contributed by atoms with E-state index in [9.17, 15) is 10.0 Å². The predicted octanol–water partition coefficient (Wildman–Crippen LogP) is 1.40. The molecule has 0 saturated heterocycles. The molecule has 28 heavy (non-hydrogen) atoms. The summed E-state index contributed by atoms with van der Waals surface area (Å²) >= 11 is 6.93. The van der Waals surface area contributed by atoms with E-state index in [4.69, 9.17) is 16.2 Å². The Morgan fingerprint density at radius 1 is 1.36 bits per heavy atom. The number of carbonyl (C=O) groups is 1. The predicted molar refractivity (Wildman–Crippen MR) is 112 cm³/mol. The fraction of sp³-hybridized carbons (Fsp3) is 0.353. The Hall–Kier alpha value is -2.11. The largest absolute Gasteiger partial charge is 0.491 e. The quantitative estimate of drug-likeness (QED) is 0.139. The number of benzene rings is 1. The summed E-state index contributed by atoms with van der Waals surface area (Å²) in [6.45, 7) is 1.42. The number of imidazole rings is 1. The van der Waals surface area contributed by atoms with Crippen LogP contribution in [0.3, 0.4) is 0 Å². The van der Waals surface area contributed by atoms with Crippen LogP contribution in [0.15, 0.2) is 32.4 Å². The molecule has 11 heteroatoms. The van der Waals surface area contributed by atoms with Crippen LogP contribution in [-0.4, -0.2) is 41.5 Å². The Bertz CT molecular complexity index is 817. The van der Waals surface area contributed by atoms with Gasteiger partial charge in [-0.1, -0.05) is 5.16 Å². The van der Waals surface area contributed by atoms with Gasteiger partial charge in [0, 0.05) is 19.4 Å². The maximum Gasteiger partial charge on any atom is 0.350 e. The molecule has 0 aliphatic rings. The normalized spacial score (nSPS) is 11.5. The van der Waals surface area contributed by atoms with E-state index in [2.05, 4.69) is 52.3 Å². The Kier molecular flexibility index (Phi) is 8.74. The molecule has 9 nitrogen and oxygen atoms in total. The molecule has 2 aromatic rings. The second-order valence-electron chi connectivity index (χ2n) is 5.96. The number of H-pyrrole nitrogens is 2. The molecular weight excluding hydrogens is 496 g/mol. The van der Waals surface area contributed by atoms with Crippen molar-refractivity contribution < 1.29 is 19.7 Å². The van der Waals surface area contributed by atoms with Gasteiger partial charge in [0.25, 0.3) is 5.91 Å². The van der Waals surface area contributed by atoms with Gasteiger partial charge in [0.15, 0.2) is 0 Å². The van der Waals surface area contributed by atoms with E-state index < -0.39 is 5.91 Å². The van der Waals surface area contributed by atoms with Crippen LogP contribution in [0.25, 0.3) is 0 Å². The molecule has 0 saturated carbocycles. The number of nitrogens with one attached hydrogen (secondary N) is 3. The molecule has 0 aliphatic carbocycles. The molecular formula is C17H23Br2N6O3+. The van der Waals surface area contributed by atoms with E-state index in [1.807, 2.05) is 12.1 Å². The highest BCUT2D eigenvalue weighted by atomic mass is 79.9. The van der Waals surface area contributed by atoms with Crippen molar-refractivity contribution in [3.05, 3.63) is 38.5 Å². The Labute approximate surface area is 179 Å². The summed E-state index contributed by atoms with van der Waals surface area (Å²) in [6.07, 6.45) is 3.19. The number of carbonyl (C=O) groups excluding carboxylic acids is 1. The number of oxime groups is 1. The van der Waals surface area contributed by atoms with E-state index in [1.54, 1.807) is 6.20 Å². The Balaban J connectivity index is 1.94. The number of halogens is 2. The molecule has 0 spiro atoms. The van der Waals surface area contributed by atoms with Gasteiger partial charge in [0.1, 0.15) is 17.2 Å². The molecule has 1 heterocycles. The van der Waals surface area contributed by atoms with Crippen molar-refractivity contribution >= 4 is 49.4 Å². The monoisotopic (exact) mass is 517 g/mol. The Morgan fingerprint density at radius 2 is 2.07 bits per heavy atom. The van der Waals surface area contributed by atoms with Gasteiger partial charge < -0.3 is 21.0 Å². The third kappa shape index (κ3) is 6.50. The van der Waals surface area contributed by atoms with Gasteiger partial charge >= 0.3 is 5.95 Å². The molecule has 1 aromatic heterocycles. The third-order valence-corrected chi connectivity index (χ3v) is 4.96. The van der Waals surface area contributed by atoms with Gasteiger partial charge in [-0.2, -0.15) is 0 Å². The van der Waals surface area contributed by atoms with Gasteiger partial charge in [-0.15, -0.1) is 0 Å². The average molecular weight is 519 g/mol. The van der Waals surface area contributed by atoms with Gasteiger partial charge in [-0.25, -0.2) is 9.97 Å². The number of amides is 1. The standard InChI is InChI=1S/C17H22Br2N6O3/c18-12-6-10(7-13(19)15(12)28-5-1-3-20)8-14(25-27)16(26)22-4-2-11-9-23-17(21)24-11/h6-7,9,27H,1-5,8,20H2,(H,22,26)(H3,21,23,24)/p+1. The first kappa shape index (κ1) is 22.2. The fourth-order valence-corrected chi connectivity index (χ4v) is 3.93. The molecule has 8 N–H and O–H groups in total. The summed E-state index contributed by atoms with van der Waals surface area (Å²) in [7, 11) is 0. The highest BCUT2D eigenvalue weighted by Gasteiger charge is 2.16. The lowest BCUT2D eigenvalue weighted by atomic mass is 10.1. The highest BCUT2D eigenvalue weighted by molar-refractivity contribution is 9.11. The topological polar surface area (TPSA) is 153 Å². The van der Waals surface area contributed by atoms with Crippen LogP contribution in [-0.2, 0) is 17.6 Å². The van der Waals surface area contributed by atoms with E-state index in [-0.39, 0.29) is 12.1 Å². The lowest BCUT2D eigenvalue weighted by Gasteiger charge is -2.12. The van der Waals surface area contributed by atoms with Crippen molar-refractivity contribution in [1.82, 2.24) is 10.3 Å². The van der Waals surface area contributed by atoms with Crippen molar-refractivity contribution in [2.45, 2.75) is 19.3 Å². The number of hydrogen-bond donors (Lipinski definition) is 5. The first-order valence-electron chi connectivity index (χ1n) is 8.59. The highest BCUT2D eigenvalue weighted by Crippen LogP contribution is 2.35. The number of hydrogen-bond acceptors (Lipinski definition) is 6. The first-order valence-corrected chi connectivity index (χ1v) is 10.2. The van der Waals surface area contributed by atoms with E-state index >= 15 is 0 Å². The van der Waals surface area contributed by atoms with E-state index in [1.165, 1.54) is 0 Å². The fourth-order valence-electron chi connectivity index (χ4n) is 2.42. The maximum atomic E-state index is 12.3. The lowest BCUT2D eigenvalue weighted by Crippen LogP contribution is -2.33. The Morgan fingerprint density at radius 3 is 2.64 bits per heavy atom. The minimum absolute atomic E-state index is 0.00756. The number of nitrogens with zero attached hydrogens (tertiary/aromatic N) is 1. The van der Waals surface area contributed by atoms with Crippen LogP contribution in [0.2, 0.25) is 0 Å². The van der Waals surface area contributed by atoms with Crippen molar-refractivity contribution in [3.63, 3.8) is 0 Å². The van der Waals surface area contributed by atoms with Crippen molar-refractivity contribution in [2.24, 2.45) is 10.9 Å². The molecule has 1 aromatic carbocycles. The summed E-state index contributed by atoms with van der Waals surface area (Å²) in [6, 6.07) is 3.64. The minimum atomic E-state index is -0.443. The van der Waals surface area contributed by atoms with Crippen LogP contribution in [0, 0.1) is 0 Å². The van der Waals surface area contributed by atoms with E-state index in [0.717, 1.165) is 26.6 Å². The number of aromatic amines is 2. The minimum Gasteiger partial charge on any atom is -0.491 e. The zero-order valence-electron chi connectivity index (χ0n) is 15.1. The summed E-state index contributed by atoms with van der Waals surface area (Å²) in [5, 5.41) is 15.1. The summed E-state index contributed by atoms with van der Waals surface area (Å²) in [4.78, 5) is 18.0. The molecule has 0 radical (unpaired) electrons. The molecule has 152 valence electrons. The van der Waals surface area contributed by atoms with Gasteiger partial charge in [0.05, 0.1) is 21.7 Å². The third-order valence-electron chi connectivity index (χ3n) is 3.78. The molecule has 0 bridgehead atoms. The van der Waals surface area contributed by atoms with Crippen LogP contribution >= 0.6 is 31.9 Å². The molecule has 0 aliphatic heterocycles. The SMILES string of the molecule is NCCCOc1c(Br)cc(CC(=NO)C(=O)NCCc2c[nH+]c(N)[nH]2)cc1Br. The van der Waals surface area contributed by atoms with Crippen LogP contribution in [0.5, 0.6) is 5.75 Å². The van der Waals surface area contributed by atoms with Crippen LogP contribution in [0.4, 0.5) is 5.95 Å². The summed E-state index contributed by atoms with van der Waals surface area (Å²) in [5.74, 6) is 0.665.